The lowest BCUT2D eigenvalue weighted by Crippen LogP contribution is -1.98. The quantitative estimate of drug-likeness (QED) is 0.146. The first-order chi connectivity index (χ1) is 21.1. The van der Waals surface area contributed by atoms with Gasteiger partial charge in [-0.3, -0.25) is 0 Å². The molecule has 4 aromatic heterocycles. The van der Waals surface area contributed by atoms with Gasteiger partial charge in [-0.2, -0.15) is 0 Å². The molecule has 0 aliphatic carbocycles. The average Bonchev–Trinajstić information content (AvgIpc) is 3.71. The van der Waals surface area contributed by atoms with Gasteiger partial charge in [-0.1, -0.05) is 112 Å². The van der Waals surface area contributed by atoms with Crippen molar-refractivity contribution in [1.29, 1.82) is 0 Å². The standard InChI is InChI=1S/C38H37N3S2/c1-4-5-6-7-8-15-22-41-30-23-26(3)42-37(30)38-31(41)24-32(43-38)29-21-20-25(2)33-36(29)40-35(28-18-13-10-14-19-28)34(39-33)27-16-11-9-12-17-27/h9-14,16-21,23-24H,4-8,15,22H2,1-3H3. The van der Waals surface area contributed by atoms with Crippen LogP contribution in [0.5, 0.6) is 0 Å². The van der Waals surface area contributed by atoms with Gasteiger partial charge in [0, 0.05) is 33.0 Å². The lowest BCUT2D eigenvalue weighted by Gasteiger charge is -2.14. The largest absolute Gasteiger partial charge is 0.339 e. The molecule has 0 atom stereocenters. The minimum atomic E-state index is 0.927. The molecule has 3 aromatic carbocycles. The van der Waals surface area contributed by atoms with Crippen LogP contribution in [0.1, 0.15) is 55.9 Å². The van der Waals surface area contributed by atoms with E-state index in [9.17, 15) is 0 Å². The van der Waals surface area contributed by atoms with E-state index in [2.05, 4.69) is 110 Å². The molecule has 0 N–H and O–H groups in total. The van der Waals surface area contributed by atoms with E-state index >= 15 is 0 Å². The number of hydrogen-bond donors (Lipinski definition) is 0. The second kappa shape index (κ2) is 12.1. The third-order valence-corrected chi connectivity index (χ3v) is 10.8. The fourth-order valence-electron chi connectivity index (χ4n) is 6.22. The summed E-state index contributed by atoms with van der Waals surface area (Å²) < 4.78 is 5.41. The molecule has 0 aliphatic heterocycles. The minimum Gasteiger partial charge on any atom is -0.339 e. The van der Waals surface area contributed by atoms with Gasteiger partial charge in [-0.05, 0) is 38.0 Å². The van der Waals surface area contributed by atoms with Crippen molar-refractivity contribution in [1.82, 2.24) is 14.5 Å². The highest BCUT2D eigenvalue weighted by Crippen LogP contribution is 2.45. The second-order valence-electron chi connectivity index (χ2n) is 11.6. The number of aromatic nitrogens is 3. The molecule has 0 amide bonds. The summed E-state index contributed by atoms with van der Waals surface area (Å²) in [6.45, 7) is 7.74. The predicted molar refractivity (Wildman–Crippen MR) is 187 cm³/mol. The lowest BCUT2D eigenvalue weighted by molar-refractivity contribution is 0.571. The van der Waals surface area contributed by atoms with Gasteiger partial charge in [0.2, 0.25) is 0 Å². The van der Waals surface area contributed by atoms with Crippen molar-refractivity contribution in [2.24, 2.45) is 0 Å². The number of unbranched alkanes of at least 4 members (excludes halogenated alkanes) is 5. The molecule has 0 saturated carbocycles. The van der Waals surface area contributed by atoms with E-state index in [1.165, 1.54) is 74.3 Å². The van der Waals surface area contributed by atoms with Gasteiger partial charge in [0.05, 0.1) is 42.9 Å². The molecule has 4 heterocycles. The van der Waals surface area contributed by atoms with E-state index in [1.54, 1.807) is 0 Å². The van der Waals surface area contributed by atoms with E-state index in [0.29, 0.717) is 0 Å². The van der Waals surface area contributed by atoms with Crippen molar-refractivity contribution in [2.45, 2.75) is 65.8 Å². The van der Waals surface area contributed by atoms with Crippen molar-refractivity contribution in [2.75, 3.05) is 0 Å². The molecule has 3 nitrogen and oxygen atoms in total. The van der Waals surface area contributed by atoms with Gasteiger partial charge in [0.15, 0.2) is 0 Å². The van der Waals surface area contributed by atoms with Crippen molar-refractivity contribution >= 4 is 54.1 Å². The van der Waals surface area contributed by atoms with Gasteiger partial charge in [0.25, 0.3) is 0 Å². The number of benzene rings is 3. The molecule has 216 valence electrons. The third-order valence-electron chi connectivity index (χ3n) is 8.46. The van der Waals surface area contributed by atoms with Crippen molar-refractivity contribution in [3.63, 3.8) is 0 Å². The van der Waals surface area contributed by atoms with Crippen LogP contribution in [0.25, 0.3) is 64.4 Å². The summed E-state index contributed by atoms with van der Waals surface area (Å²) >= 11 is 3.84. The maximum atomic E-state index is 5.43. The van der Waals surface area contributed by atoms with Gasteiger partial charge in [0.1, 0.15) is 0 Å². The zero-order chi connectivity index (χ0) is 29.3. The molecule has 7 rings (SSSR count). The topological polar surface area (TPSA) is 30.7 Å². The molecule has 0 spiro atoms. The molecular formula is C38H37N3S2. The summed E-state index contributed by atoms with van der Waals surface area (Å²) in [5.41, 5.74) is 11.0. The van der Waals surface area contributed by atoms with Crippen LogP contribution in [-0.2, 0) is 6.54 Å². The van der Waals surface area contributed by atoms with Crippen LogP contribution in [0.3, 0.4) is 0 Å². The van der Waals surface area contributed by atoms with Gasteiger partial charge < -0.3 is 4.57 Å². The molecule has 0 fully saturated rings. The first-order valence-electron chi connectivity index (χ1n) is 15.6. The summed E-state index contributed by atoms with van der Waals surface area (Å²) in [5, 5.41) is 0. The molecule has 0 radical (unpaired) electrons. The van der Waals surface area contributed by atoms with Crippen molar-refractivity contribution < 1.29 is 0 Å². The monoisotopic (exact) mass is 599 g/mol. The molecule has 0 unspecified atom stereocenters. The molecule has 0 aliphatic rings. The Labute approximate surface area is 261 Å². The van der Waals surface area contributed by atoms with E-state index in [-0.39, 0.29) is 0 Å². The van der Waals surface area contributed by atoms with Crippen LogP contribution in [0.15, 0.2) is 84.9 Å². The summed E-state index contributed by atoms with van der Waals surface area (Å²) in [6.07, 6.45) is 7.86. The molecular weight excluding hydrogens is 563 g/mol. The fourth-order valence-corrected chi connectivity index (χ4v) is 8.57. The lowest BCUT2D eigenvalue weighted by atomic mass is 10.0. The van der Waals surface area contributed by atoms with Crippen LogP contribution in [-0.4, -0.2) is 14.5 Å². The van der Waals surface area contributed by atoms with Crippen LogP contribution < -0.4 is 0 Å². The number of rotatable bonds is 10. The Kier molecular flexibility index (Phi) is 7.85. The summed E-state index contributed by atoms with van der Waals surface area (Å²) in [7, 11) is 0. The molecule has 5 heteroatoms. The van der Waals surface area contributed by atoms with Crippen LogP contribution in [0.2, 0.25) is 0 Å². The second-order valence-corrected chi connectivity index (χ2v) is 13.9. The summed E-state index contributed by atoms with van der Waals surface area (Å²) in [6, 6.07) is 30.2. The van der Waals surface area contributed by atoms with E-state index in [0.717, 1.165) is 45.7 Å². The number of aryl methyl sites for hydroxylation is 3. The Morgan fingerprint density at radius 2 is 1.23 bits per heavy atom. The average molecular weight is 600 g/mol. The first kappa shape index (κ1) is 28.0. The number of thiophene rings is 2. The van der Waals surface area contributed by atoms with Crippen LogP contribution >= 0.6 is 22.7 Å². The van der Waals surface area contributed by atoms with Gasteiger partial charge >= 0.3 is 0 Å². The van der Waals surface area contributed by atoms with Crippen LogP contribution in [0.4, 0.5) is 0 Å². The summed E-state index contributed by atoms with van der Waals surface area (Å²) in [5.74, 6) is 0. The molecule has 0 saturated heterocycles. The third kappa shape index (κ3) is 5.30. The number of hydrogen-bond acceptors (Lipinski definition) is 4. The Bertz CT molecular complexity index is 2030. The van der Waals surface area contributed by atoms with Crippen molar-refractivity contribution in [3.05, 3.63) is 95.4 Å². The van der Waals surface area contributed by atoms with Gasteiger partial charge in [-0.25, -0.2) is 9.97 Å². The Balaban J connectivity index is 1.37. The highest BCUT2D eigenvalue weighted by Gasteiger charge is 2.21. The maximum absolute atomic E-state index is 5.43. The Hall–Kier alpha value is -3.80. The SMILES string of the molecule is CCCCCCCCn1c2cc(C)sc2c2sc(-c3ccc(C)c4nc(-c5ccccc5)c(-c5ccccc5)nc34)cc21. The van der Waals surface area contributed by atoms with E-state index in [4.69, 9.17) is 9.97 Å². The van der Waals surface area contributed by atoms with Crippen molar-refractivity contribution in [3.8, 4) is 33.0 Å². The minimum absolute atomic E-state index is 0.927. The smallest absolute Gasteiger partial charge is 0.0984 e. The zero-order valence-electron chi connectivity index (χ0n) is 25.2. The van der Waals surface area contributed by atoms with E-state index < -0.39 is 0 Å². The fraction of sp³-hybridized carbons (Fsp3) is 0.263. The maximum Gasteiger partial charge on any atom is 0.0984 e. The Morgan fingerprint density at radius 1 is 0.628 bits per heavy atom. The predicted octanol–water partition coefficient (Wildman–Crippen LogP) is 11.8. The zero-order valence-corrected chi connectivity index (χ0v) is 26.8. The molecule has 43 heavy (non-hydrogen) atoms. The highest BCUT2D eigenvalue weighted by molar-refractivity contribution is 7.29. The molecule has 0 bridgehead atoms. The van der Waals surface area contributed by atoms with Gasteiger partial charge in [-0.15, -0.1) is 22.7 Å². The van der Waals surface area contributed by atoms with Crippen LogP contribution in [0, 0.1) is 13.8 Å². The highest BCUT2D eigenvalue weighted by atomic mass is 32.1. The summed E-state index contributed by atoms with van der Waals surface area (Å²) in [4.78, 5) is 13.4. The number of fused-ring (bicyclic) bond motifs is 4. The Morgan fingerprint density at radius 3 is 1.93 bits per heavy atom. The molecule has 7 aromatic rings. The number of nitrogens with zero attached hydrogens (tertiary/aromatic N) is 3. The normalized spacial score (nSPS) is 11.8. The van der Waals surface area contributed by atoms with E-state index in [1.807, 2.05) is 22.7 Å². The first-order valence-corrected chi connectivity index (χ1v) is 17.2.